The standard InChI is InChI=1S/C19H17N7O2/c27-19(28)14-5-7-25(11-14)16-9-21-17-18(22-16)26(24-23-17)10-12-3-4-15-13(8-12)2-1-6-20-15/h1-4,6,8-9,14H,5,7,10-11H2,(H,27,28). The summed E-state index contributed by atoms with van der Waals surface area (Å²) in [4.78, 5) is 26.5. The highest BCUT2D eigenvalue weighted by Gasteiger charge is 2.29. The van der Waals surface area contributed by atoms with Gasteiger partial charge in [-0.15, -0.1) is 5.10 Å². The third kappa shape index (κ3) is 2.90. The summed E-state index contributed by atoms with van der Waals surface area (Å²) in [5, 5.41) is 18.6. The van der Waals surface area contributed by atoms with Gasteiger partial charge in [-0.05, 0) is 30.2 Å². The fraction of sp³-hybridized carbons (Fsp3) is 0.263. The highest BCUT2D eigenvalue weighted by atomic mass is 16.4. The first kappa shape index (κ1) is 16.5. The van der Waals surface area contributed by atoms with Crippen LogP contribution in [0.4, 0.5) is 5.82 Å². The van der Waals surface area contributed by atoms with E-state index in [1.165, 1.54) is 0 Å². The van der Waals surface area contributed by atoms with Gasteiger partial charge in [0.1, 0.15) is 5.82 Å². The van der Waals surface area contributed by atoms with Gasteiger partial charge < -0.3 is 10.0 Å². The second kappa shape index (κ2) is 6.52. The van der Waals surface area contributed by atoms with E-state index >= 15 is 0 Å². The lowest BCUT2D eigenvalue weighted by Crippen LogP contribution is -2.23. The molecule has 1 aromatic carbocycles. The highest BCUT2D eigenvalue weighted by molar-refractivity contribution is 5.79. The third-order valence-electron chi connectivity index (χ3n) is 5.08. The molecule has 1 atom stereocenters. The van der Waals surface area contributed by atoms with Gasteiger partial charge in [-0.25, -0.2) is 14.6 Å². The van der Waals surface area contributed by atoms with Gasteiger partial charge in [0.05, 0.1) is 24.2 Å². The van der Waals surface area contributed by atoms with E-state index in [0.29, 0.717) is 43.2 Å². The fourth-order valence-electron chi connectivity index (χ4n) is 3.57. The number of carbonyl (C=O) groups is 1. The Labute approximate surface area is 159 Å². The van der Waals surface area contributed by atoms with Gasteiger partial charge in [0, 0.05) is 24.7 Å². The average Bonchev–Trinajstić information content (AvgIpc) is 3.35. The average molecular weight is 375 g/mol. The number of rotatable bonds is 4. The molecule has 4 aromatic rings. The summed E-state index contributed by atoms with van der Waals surface area (Å²) in [7, 11) is 0. The molecule has 0 radical (unpaired) electrons. The maximum Gasteiger partial charge on any atom is 0.308 e. The zero-order valence-corrected chi connectivity index (χ0v) is 14.9. The molecule has 0 saturated carbocycles. The van der Waals surface area contributed by atoms with Gasteiger partial charge in [0.25, 0.3) is 0 Å². The van der Waals surface area contributed by atoms with E-state index in [-0.39, 0.29) is 5.92 Å². The van der Waals surface area contributed by atoms with Crippen molar-refractivity contribution in [1.82, 2.24) is 29.9 Å². The van der Waals surface area contributed by atoms with E-state index in [1.807, 2.05) is 29.2 Å². The number of anilines is 1. The van der Waals surface area contributed by atoms with Crippen molar-refractivity contribution in [2.24, 2.45) is 5.92 Å². The highest BCUT2D eigenvalue weighted by Crippen LogP contribution is 2.23. The smallest absolute Gasteiger partial charge is 0.308 e. The molecule has 0 bridgehead atoms. The monoisotopic (exact) mass is 375 g/mol. The summed E-state index contributed by atoms with van der Waals surface area (Å²) in [5.74, 6) is -0.483. The maximum atomic E-state index is 11.2. The van der Waals surface area contributed by atoms with E-state index in [1.54, 1.807) is 17.1 Å². The Kier molecular flexibility index (Phi) is 3.85. The topological polar surface area (TPSA) is 110 Å². The Morgan fingerprint density at radius 1 is 1.25 bits per heavy atom. The predicted octanol–water partition coefficient (Wildman–Crippen LogP) is 1.73. The van der Waals surface area contributed by atoms with Crippen molar-refractivity contribution in [3.63, 3.8) is 0 Å². The molecule has 3 aromatic heterocycles. The minimum atomic E-state index is -0.769. The van der Waals surface area contributed by atoms with E-state index in [2.05, 4.69) is 31.3 Å². The van der Waals surface area contributed by atoms with Crippen LogP contribution in [-0.2, 0) is 11.3 Å². The van der Waals surface area contributed by atoms with Gasteiger partial charge >= 0.3 is 5.97 Å². The number of carboxylic acid groups (broad SMARTS) is 1. The first-order chi connectivity index (χ1) is 13.7. The predicted molar refractivity (Wildman–Crippen MR) is 102 cm³/mol. The number of benzene rings is 1. The van der Waals surface area contributed by atoms with Crippen molar-refractivity contribution in [2.45, 2.75) is 13.0 Å². The Morgan fingerprint density at radius 2 is 2.18 bits per heavy atom. The van der Waals surface area contributed by atoms with Crippen LogP contribution in [0.25, 0.3) is 22.2 Å². The van der Waals surface area contributed by atoms with Gasteiger partial charge in [0.15, 0.2) is 5.65 Å². The number of aliphatic carboxylic acids is 1. The number of pyridine rings is 1. The van der Waals surface area contributed by atoms with E-state index in [9.17, 15) is 9.90 Å². The fourth-order valence-corrected chi connectivity index (χ4v) is 3.57. The van der Waals surface area contributed by atoms with E-state index < -0.39 is 5.97 Å². The Bertz CT molecular complexity index is 1190. The molecule has 5 rings (SSSR count). The molecule has 0 amide bonds. The van der Waals surface area contributed by atoms with Crippen LogP contribution in [0.3, 0.4) is 0 Å². The van der Waals surface area contributed by atoms with Crippen LogP contribution < -0.4 is 4.90 Å². The molecule has 0 aliphatic carbocycles. The summed E-state index contributed by atoms with van der Waals surface area (Å²) < 4.78 is 1.72. The Hall–Kier alpha value is -3.62. The molecule has 1 aliphatic rings. The van der Waals surface area contributed by atoms with Gasteiger partial charge in [-0.2, -0.15) is 0 Å². The minimum absolute atomic E-state index is 0.369. The van der Waals surface area contributed by atoms with Crippen LogP contribution in [0.5, 0.6) is 0 Å². The van der Waals surface area contributed by atoms with Gasteiger partial charge in [-0.3, -0.25) is 9.78 Å². The van der Waals surface area contributed by atoms with Crippen molar-refractivity contribution >= 4 is 34.0 Å². The normalized spacial score (nSPS) is 16.9. The first-order valence-electron chi connectivity index (χ1n) is 9.05. The molecular weight excluding hydrogens is 358 g/mol. The summed E-state index contributed by atoms with van der Waals surface area (Å²) >= 11 is 0. The quantitative estimate of drug-likeness (QED) is 0.574. The Balaban J connectivity index is 1.45. The molecule has 9 heteroatoms. The zero-order chi connectivity index (χ0) is 19.1. The Morgan fingerprint density at radius 3 is 3.04 bits per heavy atom. The summed E-state index contributed by atoms with van der Waals surface area (Å²) in [6.45, 7) is 1.60. The second-order valence-electron chi connectivity index (χ2n) is 6.92. The van der Waals surface area contributed by atoms with Crippen molar-refractivity contribution in [1.29, 1.82) is 0 Å². The number of fused-ring (bicyclic) bond motifs is 2. The molecule has 1 saturated heterocycles. The SMILES string of the molecule is O=C(O)C1CCN(c2cnc3nnn(Cc4ccc5ncccc5c4)c3n2)C1. The van der Waals surface area contributed by atoms with Crippen molar-refractivity contribution < 1.29 is 9.90 Å². The molecule has 4 heterocycles. The lowest BCUT2D eigenvalue weighted by atomic mass is 10.1. The maximum absolute atomic E-state index is 11.2. The van der Waals surface area contributed by atoms with Crippen molar-refractivity contribution in [2.75, 3.05) is 18.0 Å². The number of hydrogen-bond donors (Lipinski definition) is 1. The molecule has 140 valence electrons. The second-order valence-corrected chi connectivity index (χ2v) is 6.92. The van der Waals surface area contributed by atoms with Crippen LogP contribution in [-0.4, -0.2) is 54.1 Å². The lowest BCUT2D eigenvalue weighted by molar-refractivity contribution is -0.140. The molecule has 1 unspecified atom stereocenters. The molecule has 28 heavy (non-hydrogen) atoms. The van der Waals surface area contributed by atoms with Gasteiger partial charge in [0.2, 0.25) is 5.65 Å². The van der Waals surface area contributed by atoms with E-state index in [4.69, 9.17) is 0 Å². The number of nitrogens with zero attached hydrogens (tertiary/aromatic N) is 7. The van der Waals surface area contributed by atoms with Crippen molar-refractivity contribution in [3.8, 4) is 0 Å². The number of carboxylic acids is 1. The molecule has 1 N–H and O–H groups in total. The minimum Gasteiger partial charge on any atom is -0.481 e. The van der Waals surface area contributed by atoms with Crippen molar-refractivity contribution in [3.05, 3.63) is 48.3 Å². The van der Waals surface area contributed by atoms with Crippen LogP contribution in [0, 0.1) is 5.92 Å². The first-order valence-corrected chi connectivity index (χ1v) is 9.05. The lowest BCUT2D eigenvalue weighted by Gasteiger charge is -2.16. The number of hydrogen-bond acceptors (Lipinski definition) is 7. The molecule has 0 spiro atoms. The van der Waals surface area contributed by atoms with Gasteiger partial charge in [-0.1, -0.05) is 17.3 Å². The summed E-state index contributed by atoms with van der Waals surface area (Å²) in [6.07, 6.45) is 4.02. The van der Waals surface area contributed by atoms with Crippen LogP contribution >= 0.6 is 0 Å². The van der Waals surface area contributed by atoms with Crippen LogP contribution in [0.1, 0.15) is 12.0 Å². The summed E-state index contributed by atoms with van der Waals surface area (Å²) in [5.41, 5.74) is 3.06. The zero-order valence-electron chi connectivity index (χ0n) is 14.9. The summed E-state index contributed by atoms with van der Waals surface area (Å²) in [6, 6.07) is 10.0. The molecule has 9 nitrogen and oxygen atoms in total. The third-order valence-corrected chi connectivity index (χ3v) is 5.08. The van der Waals surface area contributed by atoms with Crippen LogP contribution in [0.2, 0.25) is 0 Å². The van der Waals surface area contributed by atoms with E-state index in [0.717, 1.165) is 16.5 Å². The largest absolute Gasteiger partial charge is 0.481 e. The number of aromatic nitrogens is 6. The molecular formula is C19H17N7O2. The van der Waals surface area contributed by atoms with Crippen LogP contribution in [0.15, 0.2) is 42.7 Å². The molecule has 1 fully saturated rings. The molecule has 1 aliphatic heterocycles.